The van der Waals surface area contributed by atoms with E-state index >= 15 is 0 Å². The van der Waals surface area contributed by atoms with Crippen molar-refractivity contribution in [1.82, 2.24) is 0 Å². The molecule has 0 fully saturated rings. The van der Waals surface area contributed by atoms with Crippen molar-refractivity contribution in [3.63, 3.8) is 0 Å². The second-order valence-electron chi connectivity index (χ2n) is 2.83. The summed E-state index contributed by atoms with van der Waals surface area (Å²) in [7, 11) is 0. The Balaban J connectivity index is 2.40. The van der Waals surface area contributed by atoms with Gasteiger partial charge in [0, 0.05) is 10.9 Å². The van der Waals surface area contributed by atoms with Gasteiger partial charge in [-0.3, -0.25) is 0 Å². The van der Waals surface area contributed by atoms with Crippen LogP contribution in [-0.4, -0.2) is 6.26 Å². The Hall–Kier alpha value is -0.210. The largest absolute Gasteiger partial charge is 0.134 e. The van der Waals surface area contributed by atoms with Crippen LogP contribution in [0.25, 0.3) is 6.08 Å². The van der Waals surface area contributed by atoms with Crippen molar-refractivity contribution < 1.29 is 0 Å². The van der Waals surface area contributed by atoms with Crippen molar-refractivity contribution in [3.05, 3.63) is 38.7 Å². The number of thioether (sulfide) groups is 1. The maximum absolute atomic E-state index is 3.48. The Morgan fingerprint density at radius 3 is 3.00 bits per heavy atom. The Morgan fingerprint density at radius 2 is 2.25 bits per heavy atom. The van der Waals surface area contributed by atoms with Crippen LogP contribution in [0.3, 0.4) is 0 Å². The van der Waals surface area contributed by atoms with Crippen LogP contribution < -0.4 is 0 Å². The Morgan fingerprint density at radius 1 is 1.42 bits per heavy atom. The maximum atomic E-state index is 3.48. The van der Waals surface area contributed by atoms with E-state index in [-0.39, 0.29) is 0 Å². The molecule has 2 rings (SSSR count). The molecule has 1 aliphatic carbocycles. The van der Waals surface area contributed by atoms with Crippen molar-refractivity contribution in [2.45, 2.75) is 6.42 Å². The van der Waals surface area contributed by atoms with Crippen LogP contribution in [0.15, 0.2) is 27.6 Å². The lowest BCUT2D eigenvalue weighted by Crippen LogP contribution is -1.81. The molecule has 0 bridgehead atoms. The summed E-state index contributed by atoms with van der Waals surface area (Å²) in [5.41, 5.74) is 2.82. The number of hydrogen-bond donors (Lipinski definition) is 0. The summed E-state index contributed by atoms with van der Waals surface area (Å²) < 4.78 is 1.18. The predicted octanol–water partition coefficient (Wildman–Crippen LogP) is 3.71. The zero-order valence-electron chi connectivity index (χ0n) is 6.80. The minimum absolute atomic E-state index is 1.11. The number of allylic oxidation sites excluding steroid dienone is 1. The molecule has 1 aliphatic rings. The maximum Gasteiger partial charge on any atom is 0.0178 e. The number of rotatable bonds is 1. The molecule has 0 radical (unpaired) electrons. The highest BCUT2D eigenvalue weighted by atomic mass is 79.9. The van der Waals surface area contributed by atoms with Crippen molar-refractivity contribution in [1.29, 1.82) is 0 Å². The molecule has 0 atom stereocenters. The van der Waals surface area contributed by atoms with Crippen molar-refractivity contribution in [2.24, 2.45) is 0 Å². The third-order valence-electron chi connectivity index (χ3n) is 2.05. The van der Waals surface area contributed by atoms with E-state index in [2.05, 4.69) is 46.5 Å². The zero-order chi connectivity index (χ0) is 8.55. The molecule has 1 aromatic rings. The molecule has 1 aromatic carbocycles. The predicted molar refractivity (Wildman–Crippen MR) is 59.3 cm³/mol. The van der Waals surface area contributed by atoms with E-state index in [0.717, 1.165) is 6.42 Å². The summed E-state index contributed by atoms with van der Waals surface area (Å²) in [6, 6.07) is 6.47. The summed E-state index contributed by atoms with van der Waals surface area (Å²) in [6.07, 6.45) is 5.51. The van der Waals surface area contributed by atoms with Crippen LogP contribution >= 0.6 is 27.7 Å². The molecular formula is C10H9BrS. The number of benzene rings is 1. The molecule has 12 heavy (non-hydrogen) atoms. The summed E-state index contributed by atoms with van der Waals surface area (Å²) >= 11 is 5.32. The molecule has 0 spiro atoms. The highest BCUT2D eigenvalue weighted by Crippen LogP contribution is 2.32. The van der Waals surface area contributed by atoms with Gasteiger partial charge in [0.05, 0.1) is 0 Å². The monoisotopic (exact) mass is 240 g/mol. The summed E-state index contributed by atoms with van der Waals surface area (Å²) in [5, 5.41) is 0. The summed E-state index contributed by atoms with van der Waals surface area (Å²) in [6.45, 7) is 0. The van der Waals surface area contributed by atoms with Gasteiger partial charge in [0.1, 0.15) is 0 Å². The molecule has 0 aliphatic heterocycles. The van der Waals surface area contributed by atoms with Crippen LogP contribution in [0.2, 0.25) is 0 Å². The SMILES string of the molecule is CSC1=Cc2ccc(Br)cc2C1. The number of hydrogen-bond acceptors (Lipinski definition) is 1. The average molecular weight is 241 g/mol. The molecule has 0 amide bonds. The van der Waals surface area contributed by atoms with Crippen LogP contribution in [-0.2, 0) is 6.42 Å². The molecule has 0 saturated heterocycles. The first-order valence-corrected chi connectivity index (χ1v) is 5.84. The number of fused-ring (bicyclic) bond motifs is 1. The first-order chi connectivity index (χ1) is 5.79. The number of halogens is 1. The van der Waals surface area contributed by atoms with Gasteiger partial charge in [-0.1, -0.05) is 22.0 Å². The highest BCUT2D eigenvalue weighted by Gasteiger charge is 2.11. The van der Waals surface area contributed by atoms with Gasteiger partial charge in [0.25, 0.3) is 0 Å². The van der Waals surface area contributed by atoms with Crippen LogP contribution in [0, 0.1) is 0 Å². The average Bonchev–Trinajstić information content (AvgIpc) is 2.46. The van der Waals surface area contributed by atoms with Gasteiger partial charge in [0.15, 0.2) is 0 Å². The molecule has 0 saturated carbocycles. The molecule has 62 valence electrons. The van der Waals surface area contributed by atoms with Crippen LogP contribution in [0.5, 0.6) is 0 Å². The van der Waals surface area contributed by atoms with E-state index in [1.807, 2.05) is 11.8 Å². The van der Waals surface area contributed by atoms with Crippen LogP contribution in [0.4, 0.5) is 0 Å². The molecule has 0 N–H and O–H groups in total. The van der Waals surface area contributed by atoms with Gasteiger partial charge in [-0.15, -0.1) is 11.8 Å². The smallest absolute Gasteiger partial charge is 0.0178 e. The fourth-order valence-electron chi connectivity index (χ4n) is 1.41. The first kappa shape index (κ1) is 8.39. The minimum Gasteiger partial charge on any atom is -0.134 e. The van der Waals surface area contributed by atoms with Gasteiger partial charge in [-0.05, 0) is 40.5 Å². The van der Waals surface area contributed by atoms with Gasteiger partial charge in [-0.25, -0.2) is 0 Å². The Labute approximate surface area is 85.2 Å². The topological polar surface area (TPSA) is 0 Å². The zero-order valence-corrected chi connectivity index (χ0v) is 9.21. The van der Waals surface area contributed by atoms with Crippen molar-refractivity contribution >= 4 is 33.8 Å². The third-order valence-corrected chi connectivity index (χ3v) is 3.33. The summed E-state index contributed by atoms with van der Waals surface area (Å²) in [5.74, 6) is 0. The van der Waals surface area contributed by atoms with Crippen molar-refractivity contribution in [3.8, 4) is 0 Å². The fraction of sp³-hybridized carbons (Fsp3) is 0.200. The van der Waals surface area contributed by atoms with Gasteiger partial charge in [-0.2, -0.15) is 0 Å². The first-order valence-electron chi connectivity index (χ1n) is 3.82. The van der Waals surface area contributed by atoms with Gasteiger partial charge >= 0.3 is 0 Å². The van der Waals surface area contributed by atoms with E-state index in [1.165, 1.54) is 20.5 Å². The van der Waals surface area contributed by atoms with Gasteiger partial charge in [0.2, 0.25) is 0 Å². The normalized spacial score (nSPS) is 14.3. The minimum atomic E-state index is 1.11. The molecule has 0 nitrogen and oxygen atoms in total. The standard InChI is InChI=1S/C10H9BrS/c1-12-10-5-7-2-3-9(11)4-8(7)6-10/h2-5H,6H2,1H3. The van der Waals surface area contributed by atoms with E-state index in [9.17, 15) is 0 Å². The molecule has 0 heterocycles. The molecular weight excluding hydrogens is 232 g/mol. The van der Waals surface area contributed by atoms with Crippen LogP contribution in [0.1, 0.15) is 11.1 Å². The lowest BCUT2D eigenvalue weighted by atomic mass is 10.1. The highest BCUT2D eigenvalue weighted by molar-refractivity contribution is 9.10. The van der Waals surface area contributed by atoms with E-state index in [4.69, 9.17) is 0 Å². The lowest BCUT2D eigenvalue weighted by Gasteiger charge is -1.98. The Bertz CT molecular complexity index is 342. The Kier molecular flexibility index (Phi) is 2.28. The second kappa shape index (κ2) is 3.27. The van der Waals surface area contributed by atoms with E-state index in [1.54, 1.807) is 0 Å². The lowest BCUT2D eigenvalue weighted by molar-refractivity contribution is 1.28. The van der Waals surface area contributed by atoms with Crippen molar-refractivity contribution in [2.75, 3.05) is 6.26 Å². The summed E-state index contributed by atoms with van der Waals surface area (Å²) in [4.78, 5) is 1.46. The molecule has 0 aromatic heterocycles. The van der Waals surface area contributed by atoms with Gasteiger partial charge < -0.3 is 0 Å². The van der Waals surface area contributed by atoms with E-state index in [0.29, 0.717) is 0 Å². The quantitative estimate of drug-likeness (QED) is 0.722. The van der Waals surface area contributed by atoms with E-state index < -0.39 is 0 Å². The molecule has 2 heteroatoms. The second-order valence-corrected chi connectivity index (χ2v) is 4.68. The fourth-order valence-corrected chi connectivity index (χ4v) is 2.36. The third kappa shape index (κ3) is 1.46. The molecule has 0 unspecified atom stereocenters.